The van der Waals surface area contributed by atoms with Crippen LogP contribution in [0.2, 0.25) is 5.02 Å². The van der Waals surface area contributed by atoms with E-state index in [2.05, 4.69) is 4.98 Å². The zero-order valence-electron chi connectivity index (χ0n) is 11.8. The molecular formula is C15H17ClN2OS. The van der Waals surface area contributed by atoms with Crippen molar-refractivity contribution in [1.82, 2.24) is 9.88 Å². The normalized spacial score (nSPS) is 10.8. The average Bonchev–Trinajstić information content (AvgIpc) is 2.87. The number of aryl methyl sites for hydroxylation is 1. The fourth-order valence-corrected chi connectivity index (χ4v) is 2.89. The third kappa shape index (κ3) is 3.38. The minimum Gasteiger partial charge on any atom is -0.331 e. The predicted octanol–water partition coefficient (Wildman–Crippen LogP) is 4.16. The van der Waals surface area contributed by atoms with Crippen molar-refractivity contribution in [3.05, 3.63) is 50.9 Å². The number of carbonyl (C=O) groups excluding carboxylic acids is 1. The summed E-state index contributed by atoms with van der Waals surface area (Å²) in [5.74, 6) is -0.0779. The van der Waals surface area contributed by atoms with Gasteiger partial charge < -0.3 is 4.90 Å². The summed E-state index contributed by atoms with van der Waals surface area (Å²) in [6, 6.07) is 5.84. The summed E-state index contributed by atoms with van der Waals surface area (Å²) >= 11 is 7.82. The van der Waals surface area contributed by atoms with Crippen LogP contribution < -0.4 is 0 Å². The van der Waals surface area contributed by atoms with Crippen LogP contribution in [0.25, 0.3) is 0 Å². The van der Waals surface area contributed by atoms with Gasteiger partial charge in [-0.05, 0) is 38.3 Å². The van der Waals surface area contributed by atoms with E-state index in [1.807, 2.05) is 43.2 Å². The van der Waals surface area contributed by atoms with E-state index in [0.29, 0.717) is 17.1 Å². The maximum atomic E-state index is 12.7. The van der Waals surface area contributed by atoms with Gasteiger partial charge in [0.2, 0.25) is 0 Å². The molecule has 0 aliphatic carbocycles. The molecule has 0 aliphatic heterocycles. The van der Waals surface area contributed by atoms with Crippen molar-refractivity contribution in [3.8, 4) is 0 Å². The highest BCUT2D eigenvalue weighted by molar-refractivity contribution is 7.09. The van der Waals surface area contributed by atoms with Crippen LogP contribution in [-0.4, -0.2) is 21.8 Å². The molecule has 0 atom stereocenters. The Balaban J connectivity index is 2.27. The Morgan fingerprint density at radius 2 is 2.25 bits per heavy atom. The molecule has 0 radical (unpaired) electrons. The van der Waals surface area contributed by atoms with Crippen LogP contribution in [0.5, 0.6) is 0 Å². The molecule has 0 aromatic carbocycles. The standard InChI is InChI=1S/C15H17ClN2OS/c1-10(2)18(9-12-5-4-6-20-12)15(19)13-8-17-11(3)7-14(13)16/h4-8,10H,9H2,1-3H3. The number of thiophene rings is 1. The predicted molar refractivity (Wildman–Crippen MR) is 83.3 cm³/mol. The number of amides is 1. The van der Waals surface area contributed by atoms with E-state index >= 15 is 0 Å². The molecule has 106 valence electrons. The first kappa shape index (κ1) is 15.0. The van der Waals surface area contributed by atoms with Gasteiger partial charge >= 0.3 is 0 Å². The van der Waals surface area contributed by atoms with Crippen molar-refractivity contribution in [2.24, 2.45) is 0 Å². The van der Waals surface area contributed by atoms with E-state index in [-0.39, 0.29) is 11.9 Å². The lowest BCUT2D eigenvalue weighted by atomic mass is 10.2. The number of hydrogen-bond donors (Lipinski definition) is 0. The van der Waals surface area contributed by atoms with Crippen LogP contribution in [0.4, 0.5) is 0 Å². The second-order valence-electron chi connectivity index (χ2n) is 4.91. The van der Waals surface area contributed by atoms with Gasteiger partial charge in [-0.1, -0.05) is 17.7 Å². The molecule has 0 fully saturated rings. The molecule has 3 nitrogen and oxygen atoms in total. The van der Waals surface area contributed by atoms with Crippen molar-refractivity contribution in [2.75, 3.05) is 0 Å². The molecule has 2 rings (SSSR count). The molecule has 0 spiro atoms. The van der Waals surface area contributed by atoms with Gasteiger partial charge in [0.05, 0.1) is 17.1 Å². The van der Waals surface area contributed by atoms with Gasteiger partial charge in [-0.3, -0.25) is 9.78 Å². The minimum atomic E-state index is -0.0779. The van der Waals surface area contributed by atoms with Crippen molar-refractivity contribution >= 4 is 28.8 Å². The van der Waals surface area contributed by atoms with Crippen LogP contribution in [0.15, 0.2) is 29.8 Å². The number of pyridine rings is 1. The van der Waals surface area contributed by atoms with Crippen molar-refractivity contribution < 1.29 is 4.79 Å². The Hall–Kier alpha value is -1.39. The molecule has 0 bridgehead atoms. The zero-order valence-corrected chi connectivity index (χ0v) is 13.3. The summed E-state index contributed by atoms with van der Waals surface area (Å²) < 4.78 is 0. The molecule has 0 saturated carbocycles. The van der Waals surface area contributed by atoms with Gasteiger partial charge in [-0.15, -0.1) is 11.3 Å². The molecule has 2 aromatic rings. The molecule has 0 aliphatic rings. The second kappa shape index (κ2) is 6.37. The fourth-order valence-electron chi connectivity index (χ4n) is 1.90. The molecule has 0 N–H and O–H groups in total. The Bertz CT molecular complexity index is 596. The lowest BCUT2D eigenvalue weighted by Gasteiger charge is -2.26. The number of rotatable bonds is 4. The Morgan fingerprint density at radius 1 is 1.50 bits per heavy atom. The van der Waals surface area contributed by atoms with Gasteiger partial charge in [-0.25, -0.2) is 0 Å². The Kier molecular flexibility index (Phi) is 4.78. The molecule has 5 heteroatoms. The van der Waals surface area contributed by atoms with Gasteiger partial charge in [0.25, 0.3) is 5.91 Å². The summed E-state index contributed by atoms with van der Waals surface area (Å²) in [5.41, 5.74) is 1.27. The first-order valence-corrected chi connectivity index (χ1v) is 7.70. The smallest absolute Gasteiger partial charge is 0.257 e. The van der Waals surface area contributed by atoms with Crippen LogP contribution in [0.3, 0.4) is 0 Å². The van der Waals surface area contributed by atoms with Crippen LogP contribution in [0.1, 0.15) is 34.8 Å². The van der Waals surface area contributed by atoms with E-state index < -0.39 is 0 Å². The minimum absolute atomic E-state index is 0.0779. The topological polar surface area (TPSA) is 33.2 Å². The van der Waals surface area contributed by atoms with Gasteiger partial charge in [0.1, 0.15) is 0 Å². The summed E-state index contributed by atoms with van der Waals surface area (Å²) in [4.78, 5) is 19.8. The number of aromatic nitrogens is 1. The van der Waals surface area contributed by atoms with Gasteiger partial charge in [-0.2, -0.15) is 0 Å². The molecule has 20 heavy (non-hydrogen) atoms. The molecular weight excluding hydrogens is 292 g/mol. The molecule has 1 amide bonds. The molecule has 2 aromatic heterocycles. The van der Waals surface area contributed by atoms with Crippen molar-refractivity contribution in [3.63, 3.8) is 0 Å². The Labute approximate surface area is 128 Å². The number of hydrogen-bond acceptors (Lipinski definition) is 3. The monoisotopic (exact) mass is 308 g/mol. The van der Waals surface area contributed by atoms with E-state index in [0.717, 1.165) is 10.6 Å². The maximum absolute atomic E-state index is 12.7. The third-order valence-electron chi connectivity index (χ3n) is 3.01. The van der Waals surface area contributed by atoms with Crippen molar-refractivity contribution in [1.29, 1.82) is 0 Å². The largest absolute Gasteiger partial charge is 0.331 e. The third-order valence-corrected chi connectivity index (χ3v) is 4.18. The molecule has 0 unspecified atom stereocenters. The summed E-state index contributed by atoms with van der Waals surface area (Å²) in [7, 11) is 0. The van der Waals surface area contributed by atoms with E-state index in [1.54, 1.807) is 23.6 Å². The SMILES string of the molecule is Cc1cc(Cl)c(C(=O)N(Cc2cccs2)C(C)C)cn1. The highest BCUT2D eigenvalue weighted by atomic mass is 35.5. The van der Waals surface area contributed by atoms with E-state index in [4.69, 9.17) is 11.6 Å². The first-order valence-electron chi connectivity index (χ1n) is 6.44. The quantitative estimate of drug-likeness (QED) is 0.850. The van der Waals surface area contributed by atoms with Crippen LogP contribution in [-0.2, 0) is 6.54 Å². The van der Waals surface area contributed by atoms with Crippen molar-refractivity contribution in [2.45, 2.75) is 33.4 Å². The number of nitrogens with zero attached hydrogens (tertiary/aromatic N) is 2. The van der Waals surface area contributed by atoms with Gasteiger partial charge in [0, 0.05) is 22.8 Å². The Morgan fingerprint density at radius 3 is 2.80 bits per heavy atom. The van der Waals surface area contributed by atoms with E-state index in [1.165, 1.54) is 0 Å². The number of halogens is 1. The lowest BCUT2D eigenvalue weighted by molar-refractivity contribution is 0.0692. The molecule has 0 saturated heterocycles. The summed E-state index contributed by atoms with van der Waals surface area (Å²) in [5, 5.41) is 2.47. The fraction of sp³-hybridized carbons (Fsp3) is 0.333. The highest BCUT2D eigenvalue weighted by Crippen LogP contribution is 2.21. The highest BCUT2D eigenvalue weighted by Gasteiger charge is 2.22. The number of carbonyl (C=O) groups is 1. The zero-order chi connectivity index (χ0) is 14.7. The van der Waals surface area contributed by atoms with Crippen LogP contribution >= 0.6 is 22.9 Å². The second-order valence-corrected chi connectivity index (χ2v) is 6.35. The van der Waals surface area contributed by atoms with Gasteiger partial charge in [0.15, 0.2) is 0 Å². The lowest BCUT2D eigenvalue weighted by Crippen LogP contribution is -2.36. The molecule has 2 heterocycles. The maximum Gasteiger partial charge on any atom is 0.257 e. The van der Waals surface area contributed by atoms with E-state index in [9.17, 15) is 4.79 Å². The summed E-state index contributed by atoms with van der Waals surface area (Å²) in [6.07, 6.45) is 1.56. The first-order chi connectivity index (χ1) is 9.49. The summed E-state index contributed by atoms with van der Waals surface area (Å²) in [6.45, 7) is 6.45. The van der Waals surface area contributed by atoms with Crippen LogP contribution in [0, 0.1) is 6.92 Å². The average molecular weight is 309 g/mol.